The van der Waals surface area contributed by atoms with Crippen LogP contribution in [0.2, 0.25) is 0 Å². The summed E-state index contributed by atoms with van der Waals surface area (Å²) < 4.78 is 7.63. The molecule has 134 valence electrons. The molecule has 0 radical (unpaired) electrons. The van der Waals surface area contributed by atoms with Crippen molar-refractivity contribution in [2.45, 2.75) is 26.1 Å². The molecule has 25 heavy (non-hydrogen) atoms. The first-order valence-electron chi connectivity index (χ1n) is 9.06. The van der Waals surface area contributed by atoms with Crippen molar-refractivity contribution in [3.05, 3.63) is 36.2 Å². The van der Waals surface area contributed by atoms with Gasteiger partial charge in [0.05, 0.1) is 18.9 Å². The maximum atomic E-state index is 5.59. The predicted molar refractivity (Wildman–Crippen MR) is 97.8 cm³/mol. The van der Waals surface area contributed by atoms with Gasteiger partial charge in [0.2, 0.25) is 0 Å². The zero-order valence-corrected chi connectivity index (χ0v) is 14.7. The van der Waals surface area contributed by atoms with E-state index < -0.39 is 0 Å². The molecule has 2 aromatic rings. The van der Waals surface area contributed by atoms with Crippen molar-refractivity contribution < 1.29 is 4.74 Å². The number of anilines is 2. The van der Waals surface area contributed by atoms with Gasteiger partial charge >= 0.3 is 0 Å². The van der Waals surface area contributed by atoms with Gasteiger partial charge in [-0.05, 0) is 18.6 Å². The van der Waals surface area contributed by atoms with Crippen molar-refractivity contribution in [1.29, 1.82) is 0 Å². The lowest BCUT2D eigenvalue weighted by atomic mass is 10.1. The summed E-state index contributed by atoms with van der Waals surface area (Å²) in [6, 6.07) is 6.31. The van der Waals surface area contributed by atoms with E-state index in [1.807, 2.05) is 23.1 Å². The molecule has 0 bridgehead atoms. The Labute approximate surface area is 148 Å². The van der Waals surface area contributed by atoms with Gasteiger partial charge in [0.1, 0.15) is 11.6 Å². The topological polar surface area (TPSA) is 67.2 Å². The van der Waals surface area contributed by atoms with Crippen LogP contribution in [-0.4, -0.2) is 53.7 Å². The van der Waals surface area contributed by atoms with E-state index in [9.17, 15) is 0 Å². The second-order valence-electron chi connectivity index (χ2n) is 6.93. The number of morpholine rings is 1. The quantitative estimate of drug-likeness (QED) is 0.855. The zero-order valence-electron chi connectivity index (χ0n) is 14.7. The highest BCUT2D eigenvalue weighted by molar-refractivity contribution is 5.40. The molecular weight excluding hydrogens is 316 g/mol. The molecule has 4 rings (SSSR count). The first-order valence-corrected chi connectivity index (χ1v) is 9.06. The summed E-state index contributed by atoms with van der Waals surface area (Å²) in [5.74, 6) is 2.71. The molecule has 0 unspecified atom stereocenters. The van der Waals surface area contributed by atoms with Crippen LogP contribution in [0.25, 0.3) is 0 Å². The Balaban J connectivity index is 1.25. The van der Waals surface area contributed by atoms with Gasteiger partial charge in [-0.3, -0.25) is 0 Å². The van der Waals surface area contributed by atoms with Crippen molar-refractivity contribution in [2.75, 3.05) is 43.0 Å². The van der Waals surface area contributed by atoms with Crippen LogP contribution in [0.4, 0.5) is 11.6 Å². The summed E-state index contributed by atoms with van der Waals surface area (Å²) >= 11 is 0. The highest BCUT2D eigenvalue weighted by Gasteiger charge is 2.19. The number of nitrogens with one attached hydrogen (secondary N) is 2. The standard InChI is InChI=1S/C18H26N6O/c1-14-12-23(6-7-25-14)17-3-2-15(10-20-17)8-19-9-16-11-21-18-4-5-22-24(18)13-16/h2-5,10,14,16,19,21H,6-9,11-13H2,1H3/t14-,16-/m1/s1. The van der Waals surface area contributed by atoms with Crippen molar-refractivity contribution >= 4 is 11.6 Å². The number of fused-ring (bicyclic) bond motifs is 1. The van der Waals surface area contributed by atoms with Gasteiger partial charge < -0.3 is 20.3 Å². The van der Waals surface area contributed by atoms with Gasteiger partial charge in [0.25, 0.3) is 0 Å². The second kappa shape index (κ2) is 7.41. The summed E-state index contributed by atoms with van der Waals surface area (Å²) in [7, 11) is 0. The number of aromatic nitrogens is 3. The molecule has 1 fully saturated rings. The smallest absolute Gasteiger partial charge is 0.128 e. The molecule has 2 aliphatic rings. The molecule has 0 amide bonds. The lowest BCUT2D eigenvalue weighted by molar-refractivity contribution is 0.0529. The Kier molecular flexibility index (Phi) is 4.85. The summed E-state index contributed by atoms with van der Waals surface area (Å²) in [5, 5.41) is 11.3. The van der Waals surface area contributed by atoms with E-state index in [0.29, 0.717) is 5.92 Å². The molecule has 0 saturated carbocycles. The number of hydrogen-bond donors (Lipinski definition) is 2. The molecule has 2 aliphatic heterocycles. The maximum absolute atomic E-state index is 5.59. The van der Waals surface area contributed by atoms with Crippen LogP contribution in [0.5, 0.6) is 0 Å². The average molecular weight is 342 g/mol. The summed E-state index contributed by atoms with van der Waals surface area (Å²) in [5.41, 5.74) is 1.22. The Morgan fingerprint density at radius 2 is 2.28 bits per heavy atom. The molecule has 2 aromatic heterocycles. The lowest BCUT2D eigenvalue weighted by Gasteiger charge is -2.32. The van der Waals surface area contributed by atoms with E-state index in [0.717, 1.165) is 57.5 Å². The Hall–Kier alpha value is -2.12. The molecular formula is C18H26N6O. The number of hydrogen-bond acceptors (Lipinski definition) is 6. The SMILES string of the molecule is C[C@@H]1CN(c2ccc(CNC[C@@H]3CNc4ccnn4C3)cn2)CCO1. The van der Waals surface area contributed by atoms with Gasteiger partial charge in [-0.15, -0.1) is 0 Å². The predicted octanol–water partition coefficient (Wildman–Crippen LogP) is 1.33. The van der Waals surface area contributed by atoms with Gasteiger partial charge in [-0.25, -0.2) is 9.67 Å². The third-order valence-corrected chi connectivity index (χ3v) is 4.86. The van der Waals surface area contributed by atoms with Crippen LogP contribution in [-0.2, 0) is 17.8 Å². The summed E-state index contributed by atoms with van der Waals surface area (Å²) in [6.07, 6.45) is 4.10. The number of nitrogens with zero attached hydrogens (tertiary/aromatic N) is 4. The molecule has 2 atom stereocenters. The first-order chi connectivity index (χ1) is 12.3. The minimum Gasteiger partial charge on any atom is -0.375 e. The van der Waals surface area contributed by atoms with Crippen LogP contribution in [0, 0.1) is 5.92 Å². The molecule has 0 aliphatic carbocycles. The van der Waals surface area contributed by atoms with E-state index in [4.69, 9.17) is 4.74 Å². The minimum atomic E-state index is 0.274. The van der Waals surface area contributed by atoms with Crippen LogP contribution >= 0.6 is 0 Å². The highest BCUT2D eigenvalue weighted by atomic mass is 16.5. The van der Waals surface area contributed by atoms with Gasteiger partial charge in [-0.2, -0.15) is 5.10 Å². The van der Waals surface area contributed by atoms with Crippen LogP contribution in [0.3, 0.4) is 0 Å². The fraction of sp³-hybridized carbons (Fsp3) is 0.556. The second-order valence-corrected chi connectivity index (χ2v) is 6.93. The third-order valence-electron chi connectivity index (χ3n) is 4.86. The summed E-state index contributed by atoms with van der Waals surface area (Å²) in [4.78, 5) is 6.92. The van der Waals surface area contributed by atoms with Gasteiger partial charge in [0.15, 0.2) is 0 Å². The van der Waals surface area contributed by atoms with Crippen molar-refractivity contribution in [1.82, 2.24) is 20.1 Å². The number of rotatable bonds is 5. The Morgan fingerprint density at radius 3 is 3.12 bits per heavy atom. The minimum absolute atomic E-state index is 0.274. The van der Waals surface area contributed by atoms with E-state index in [1.165, 1.54) is 5.56 Å². The van der Waals surface area contributed by atoms with E-state index >= 15 is 0 Å². The first kappa shape index (κ1) is 16.4. The molecule has 0 spiro atoms. The molecule has 1 saturated heterocycles. The molecule has 0 aromatic carbocycles. The third kappa shape index (κ3) is 3.93. The van der Waals surface area contributed by atoms with Crippen molar-refractivity contribution in [2.24, 2.45) is 5.92 Å². The molecule has 4 heterocycles. The fourth-order valence-corrected chi connectivity index (χ4v) is 3.48. The highest BCUT2D eigenvalue weighted by Crippen LogP contribution is 2.17. The van der Waals surface area contributed by atoms with Crippen LogP contribution in [0.15, 0.2) is 30.6 Å². The molecule has 7 nitrogen and oxygen atoms in total. The van der Waals surface area contributed by atoms with Crippen molar-refractivity contribution in [3.63, 3.8) is 0 Å². The van der Waals surface area contributed by atoms with Crippen LogP contribution in [0.1, 0.15) is 12.5 Å². The Morgan fingerprint density at radius 1 is 1.32 bits per heavy atom. The van der Waals surface area contributed by atoms with Gasteiger partial charge in [-0.1, -0.05) is 6.07 Å². The van der Waals surface area contributed by atoms with E-state index in [1.54, 1.807) is 0 Å². The zero-order chi connectivity index (χ0) is 17.1. The van der Waals surface area contributed by atoms with E-state index in [2.05, 4.69) is 44.7 Å². The lowest BCUT2D eigenvalue weighted by Crippen LogP contribution is -2.41. The average Bonchev–Trinajstić information content (AvgIpc) is 3.10. The fourth-order valence-electron chi connectivity index (χ4n) is 3.48. The normalized spacial score (nSPS) is 23.2. The Bertz CT molecular complexity index is 685. The van der Waals surface area contributed by atoms with Crippen molar-refractivity contribution in [3.8, 4) is 0 Å². The molecule has 2 N–H and O–H groups in total. The number of pyridine rings is 1. The summed E-state index contributed by atoms with van der Waals surface area (Å²) in [6.45, 7) is 8.48. The maximum Gasteiger partial charge on any atom is 0.128 e. The van der Waals surface area contributed by atoms with Gasteiger partial charge in [0, 0.05) is 57.4 Å². The largest absolute Gasteiger partial charge is 0.375 e. The van der Waals surface area contributed by atoms with E-state index in [-0.39, 0.29) is 6.10 Å². The molecule has 7 heteroatoms. The van der Waals surface area contributed by atoms with Crippen LogP contribution < -0.4 is 15.5 Å². The monoisotopic (exact) mass is 342 g/mol. The number of ether oxygens (including phenoxy) is 1.